The zero-order chi connectivity index (χ0) is 17.3. The van der Waals surface area contributed by atoms with Crippen molar-refractivity contribution in [2.24, 2.45) is 0 Å². The molecule has 1 aliphatic heterocycles. The van der Waals surface area contributed by atoms with Gasteiger partial charge < -0.3 is 10.2 Å². The first-order valence-corrected chi connectivity index (χ1v) is 8.67. The number of ketones is 1. The Kier molecular flexibility index (Phi) is 4.69. The Bertz CT molecular complexity index is 831. The highest BCUT2D eigenvalue weighted by molar-refractivity contribution is 7.16. The quantitative estimate of drug-likeness (QED) is 0.836. The summed E-state index contributed by atoms with van der Waals surface area (Å²) in [6.45, 7) is 2.12. The lowest BCUT2D eigenvalue weighted by molar-refractivity contribution is -0.117. The average Bonchev–Trinajstić information content (AvgIpc) is 3.17. The van der Waals surface area contributed by atoms with E-state index < -0.39 is 0 Å². The first kappa shape index (κ1) is 16.7. The maximum Gasteiger partial charge on any atom is 0.265 e. The number of carbonyl (C=O) groups is 3. The van der Waals surface area contributed by atoms with Crippen LogP contribution in [0.4, 0.5) is 11.4 Å². The monoisotopic (exact) mass is 362 g/mol. The molecule has 1 aromatic heterocycles. The number of rotatable bonds is 4. The fraction of sp³-hybridized carbons (Fsp3) is 0.235. The van der Waals surface area contributed by atoms with Gasteiger partial charge in [-0.2, -0.15) is 0 Å². The summed E-state index contributed by atoms with van der Waals surface area (Å²) < 4.78 is 0. The zero-order valence-electron chi connectivity index (χ0n) is 13.0. The van der Waals surface area contributed by atoms with Gasteiger partial charge in [0.2, 0.25) is 5.91 Å². The van der Waals surface area contributed by atoms with Gasteiger partial charge >= 0.3 is 0 Å². The van der Waals surface area contributed by atoms with E-state index in [1.807, 2.05) is 0 Å². The minimum atomic E-state index is -0.298. The van der Waals surface area contributed by atoms with Gasteiger partial charge in [0.25, 0.3) is 5.91 Å². The molecule has 1 N–H and O–H groups in total. The number of carbonyl (C=O) groups excluding carboxylic acids is 3. The number of halogens is 1. The smallest absolute Gasteiger partial charge is 0.265 e. The summed E-state index contributed by atoms with van der Waals surface area (Å²) in [5.74, 6) is -0.306. The van der Waals surface area contributed by atoms with E-state index in [-0.39, 0.29) is 17.6 Å². The molecule has 7 heteroatoms. The Labute approximate surface area is 148 Å². The van der Waals surface area contributed by atoms with Crippen molar-refractivity contribution in [3.05, 3.63) is 45.1 Å². The van der Waals surface area contributed by atoms with Gasteiger partial charge in [0.05, 0.1) is 20.5 Å². The number of benzene rings is 1. The van der Waals surface area contributed by atoms with Crippen LogP contribution in [0.3, 0.4) is 0 Å². The lowest BCUT2D eigenvalue weighted by Crippen LogP contribution is -2.24. The van der Waals surface area contributed by atoms with E-state index in [9.17, 15) is 14.4 Å². The molecule has 1 aliphatic rings. The van der Waals surface area contributed by atoms with Gasteiger partial charge in [-0.25, -0.2) is 0 Å². The van der Waals surface area contributed by atoms with Crippen LogP contribution in [0, 0.1) is 0 Å². The molecule has 0 unspecified atom stereocenters. The molecule has 0 aliphatic carbocycles. The van der Waals surface area contributed by atoms with Gasteiger partial charge in [-0.05, 0) is 43.7 Å². The molecule has 2 amide bonds. The van der Waals surface area contributed by atoms with Crippen LogP contribution in [-0.4, -0.2) is 24.1 Å². The lowest BCUT2D eigenvalue weighted by Gasteiger charge is -2.18. The molecule has 0 atom stereocenters. The van der Waals surface area contributed by atoms with Crippen molar-refractivity contribution < 1.29 is 14.4 Å². The Morgan fingerprint density at radius 2 is 1.96 bits per heavy atom. The second-order valence-electron chi connectivity index (χ2n) is 5.49. The predicted octanol–water partition coefficient (Wildman–Crippen LogP) is 3.98. The predicted molar refractivity (Wildman–Crippen MR) is 95.3 cm³/mol. The topological polar surface area (TPSA) is 66.5 Å². The fourth-order valence-corrected chi connectivity index (χ4v) is 3.63. The number of Topliss-reactive ketones (excluding diaryl/α,β-unsaturated/α-hetero) is 1. The molecular formula is C17H15ClN2O3S. The summed E-state index contributed by atoms with van der Waals surface area (Å²) >= 11 is 7.41. The normalized spacial score (nSPS) is 14.1. The highest BCUT2D eigenvalue weighted by Crippen LogP contribution is 2.32. The molecule has 3 rings (SSSR count). The second-order valence-corrected chi connectivity index (χ2v) is 6.98. The van der Waals surface area contributed by atoms with Gasteiger partial charge in [-0.3, -0.25) is 14.4 Å². The van der Waals surface area contributed by atoms with Gasteiger partial charge in [-0.1, -0.05) is 11.6 Å². The van der Waals surface area contributed by atoms with Crippen LogP contribution in [0.5, 0.6) is 0 Å². The van der Waals surface area contributed by atoms with E-state index >= 15 is 0 Å². The summed E-state index contributed by atoms with van der Waals surface area (Å²) in [6.07, 6.45) is 1.36. The van der Waals surface area contributed by atoms with E-state index in [1.165, 1.54) is 6.92 Å². The second kappa shape index (κ2) is 6.75. The van der Waals surface area contributed by atoms with Gasteiger partial charge in [0, 0.05) is 18.7 Å². The Morgan fingerprint density at radius 1 is 1.21 bits per heavy atom. The molecule has 24 heavy (non-hydrogen) atoms. The number of amides is 2. The first-order valence-electron chi connectivity index (χ1n) is 7.48. The SMILES string of the molecule is CC(=O)c1ccc(C(=O)Nc2ccc(N3CCCC3=O)c(Cl)c2)s1. The fourth-order valence-electron chi connectivity index (χ4n) is 2.55. The zero-order valence-corrected chi connectivity index (χ0v) is 14.5. The van der Waals surface area contributed by atoms with Gasteiger partial charge in [0.15, 0.2) is 5.78 Å². The summed E-state index contributed by atoms with van der Waals surface area (Å²) in [6, 6.07) is 8.33. The Hall–Kier alpha value is -2.18. The number of anilines is 2. The summed E-state index contributed by atoms with van der Waals surface area (Å²) in [7, 11) is 0. The average molecular weight is 363 g/mol. The highest BCUT2D eigenvalue weighted by atomic mass is 35.5. The van der Waals surface area contributed by atoms with E-state index in [2.05, 4.69) is 5.32 Å². The van der Waals surface area contributed by atoms with Crippen LogP contribution >= 0.6 is 22.9 Å². The third-order valence-corrected chi connectivity index (χ3v) is 5.23. The lowest BCUT2D eigenvalue weighted by atomic mass is 10.2. The molecule has 0 bridgehead atoms. The molecule has 1 fully saturated rings. The van der Waals surface area contributed by atoms with Gasteiger partial charge in [-0.15, -0.1) is 11.3 Å². The molecule has 2 heterocycles. The first-order chi connectivity index (χ1) is 11.5. The van der Waals surface area contributed by atoms with E-state index in [0.717, 1.165) is 17.8 Å². The molecule has 1 saturated heterocycles. The van der Waals surface area contributed by atoms with Crippen molar-refractivity contribution in [3.8, 4) is 0 Å². The van der Waals surface area contributed by atoms with Crippen molar-refractivity contribution in [2.45, 2.75) is 19.8 Å². The third kappa shape index (κ3) is 3.34. The van der Waals surface area contributed by atoms with Crippen LogP contribution in [0.1, 0.15) is 39.1 Å². The molecule has 0 saturated carbocycles. The van der Waals surface area contributed by atoms with Crippen LogP contribution in [-0.2, 0) is 4.79 Å². The van der Waals surface area contributed by atoms with E-state index in [4.69, 9.17) is 11.6 Å². The van der Waals surface area contributed by atoms with E-state index in [1.54, 1.807) is 35.2 Å². The van der Waals surface area contributed by atoms with Gasteiger partial charge in [0.1, 0.15) is 0 Å². The van der Waals surface area contributed by atoms with Crippen LogP contribution in [0.15, 0.2) is 30.3 Å². The van der Waals surface area contributed by atoms with Crippen molar-refractivity contribution in [2.75, 3.05) is 16.8 Å². The molecule has 0 spiro atoms. The number of hydrogen-bond donors (Lipinski definition) is 1. The summed E-state index contributed by atoms with van der Waals surface area (Å²) in [5, 5.41) is 3.17. The maximum absolute atomic E-state index is 12.2. The van der Waals surface area contributed by atoms with Crippen molar-refractivity contribution >= 4 is 51.9 Å². The largest absolute Gasteiger partial charge is 0.321 e. The minimum Gasteiger partial charge on any atom is -0.321 e. The van der Waals surface area contributed by atoms with Crippen LogP contribution < -0.4 is 10.2 Å². The third-order valence-electron chi connectivity index (χ3n) is 3.75. The number of hydrogen-bond acceptors (Lipinski definition) is 4. The van der Waals surface area contributed by atoms with E-state index in [0.29, 0.717) is 39.1 Å². The van der Waals surface area contributed by atoms with Crippen LogP contribution in [0.25, 0.3) is 0 Å². The maximum atomic E-state index is 12.2. The minimum absolute atomic E-state index is 0.0593. The highest BCUT2D eigenvalue weighted by Gasteiger charge is 2.23. The molecule has 1 aromatic carbocycles. The standard InChI is InChI=1S/C17H15ClN2O3S/c1-10(21)14-6-7-15(24-14)17(23)19-11-4-5-13(12(18)9-11)20-8-2-3-16(20)22/h4-7,9H,2-3,8H2,1H3,(H,19,23). The number of nitrogens with one attached hydrogen (secondary N) is 1. The Balaban J connectivity index is 1.75. The molecule has 0 radical (unpaired) electrons. The van der Waals surface area contributed by atoms with Crippen LogP contribution in [0.2, 0.25) is 5.02 Å². The van der Waals surface area contributed by atoms with Crippen molar-refractivity contribution in [1.82, 2.24) is 0 Å². The molecule has 5 nitrogen and oxygen atoms in total. The summed E-state index contributed by atoms with van der Waals surface area (Å²) in [4.78, 5) is 38.0. The summed E-state index contributed by atoms with van der Waals surface area (Å²) in [5.41, 5.74) is 1.20. The molecule has 124 valence electrons. The molecule has 2 aromatic rings. The number of thiophene rings is 1. The number of nitrogens with zero attached hydrogens (tertiary/aromatic N) is 1. The van der Waals surface area contributed by atoms with Crippen molar-refractivity contribution in [1.29, 1.82) is 0 Å². The molecular weight excluding hydrogens is 348 g/mol. The van der Waals surface area contributed by atoms with Crippen molar-refractivity contribution in [3.63, 3.8) is 0 Å². The Morgan fingerprint density at radius 3 is 2.54 bits per heavy atom.